The molecule has 6 heteroatoms. The summed E-state index contributed by atoms with van der Waals surface area (Å²) in [7, 11) is -3.38. The summed E-state index contributed by atoms with van der Waals surface area (Å²) in [5.74, 6) is 0.169. The zero-order chi connectivity index (χ0) is 13.6. The first-order valence-corrected chi connectivity index (χ1v) is 7.62. The number of nitrogens with zero attached hydrogens (tertiary/aromatic N) is 2. The van der Waals surface area contributed by atoms with Gasteiger partial charge in [0.15, 0.2) is 0 Å². The molecule has 1 N–H and O–H groups in total. The Balaban J connectivity index is 1.85. The number of benzene rings is 1. The second-order valence-electron chi connectivity index (χ2n) is 4.08. The molecule has 0 fully saturated rings. The smallest absolute Gasteiger partial charge is 0.236 e. The van der Waals surface area contributed by atoms with Crippen LogP contribution in [0.2, 0.25) is 0 Å². The third-order valence-electron chi connectivity index (χ3n) is 2.53. The molecule has 1 heterocycles. The van der Waals surface area contributed by atoms with Crippen molar-refractivity contribution in [1.82, 2.24) is 9.97 Å². The van der Waals surface area contributed by atoms with E-state index in [4.69, 9.17) is 0 Å². The van der Waals surface area contributed by atoms with Crippen LogP contribution in [0.15, 0.2) is 48.8 Å². The Hall–Kier alpha value is -1.95. The van der Waals surface area contributed by atoms with Gasteiger partial charge in [-0.15, -0.1) is 0 Å². The summed E-state index contributed by atoms with van der Waals surface area (Å²) in [4.78, 5) is 7.66. The lowest BCUT2D eigenvalue weighted by Crippen LogP contribution is -2.18. The Bertz CT molecular complexity index is 600. The van der Waals surface area contributed by atoms with Gasteiger partial charge in [0.25, 0.3) is 0 Å². The van der Waals surface area contributed by atoms with Gasteiger partial charge in [0.05, 0.1) is 5.75 Å². The highest BCUT2D eigenvalue weighted by atomic mass is 32.2. The van der Waals surface area contributed by atoms with E-state index in [-0.39, 0.29) is 11.7 Å². The lowest BCUT2D eigenvalue weighted by Gasteiger charge is -2.06. The van der Waals surface area contributed by atoms with E-state index in [1.165, 1.54) is 12.4 Å². The Kier molecular flexibility index (Phi) is 4.46. The van der Waals surface area contributed by atoms with Crippen LogP contribution in [0.5, 0.6) is 0 Å². The van der Waals surface area contributed by atoms with E-state index in [2.05, 4.69) is 14.7 Å². The minimum atomic E-state index is -3.38. The van der Waals surface area contributed by atoms with Crippen LogP contribution in [-0.2, 0) is 16.4 Å². The van der Waals surface area contributed by atoms with Crippen molar-refractivity contribution < 1.29 is 8.42 Å². The highest BCUT2D eigenvalue weighted by Crippen LogP contribution is 2.06. The van der Waals surface area contributed by atoms with Gasteiger partial charge in [-0.05, 0) is 24.5 Å². The van der Waals surface area contributed by atoms with Gasteiger partial charge in [-0.1, -0.05) is 30.3 Å². The topological polar surface area (TPSA) is 72.0 Å². The van der Waals surface area contributed by atoms with E-state index in [9.17, 15) is 8.42 Å². The second-order valence-corrected chi connectivity index (χ2v) is 5.92. The summed E-state index contributed by atoms with van der Waals surface area (Å²) in [5.41, 5.74) is 1.13. The lowest BCUT2D eigenvalue weighted by atomic mass is 10.1. The van der Waals surface area contributed by atoms with E-state index in [1.54, 1.807) is 6.07 Å². The summed E-state index contributed by atoms with van der Waals surface area (Å²) in [6.07, 6.45) is 4.28. The van der Waals surface area contributed by atoms with Gasteiger partial charge in [0.2, 0.25) is 16.0 Å². The zero-order valence-corrected chi connectivity index (χ0v) is 11.2. The fourth-order valence-electron chi connectivity index (χ4n) is 1.65. The average molecular weight is 277 g/mol. The van der Waals surface area contributed by atoms with Crippen molar-refractivity contribution in [3.8, 4) is 0 Å². The molecule has 100 valence electrons. The standard InChI is InChI=1S/C13H15N3O2S/c17-19(18,16-13-14-9-5-10-15-13)11-4-8-12-6-2-1-3-7-12/h1-3,5-7,9-10H,4,8,11H2,(H,14,15,16). The number of sulfonamides is 1. The number of rotatable bonds is 6. The number of hydrogen-bond acceptors (Lipinski definition) is 4. The molecule has 0 saturated carbocycles. The lowest BCUT2D eigenvalue weighted by molar-refractivity contribution is 0.598. The Morgan fingerprint density at radius 2 is 1.68 bits per heavy atom. The van der Waals surface area contributed by atoms with Crippen LogP contribution < -0.4 is 4.72 Å². The largest absolute Gasteiger partial charge is 0.251 e. The first-order chi connectivity index (χ1) is 9.16. The summed E-state index contributed by atoms with van der Waals surface area (Å²) in [5, 5.41) is 0. The number of hydrogen-bond donors (Lipinski definition) is 1. The van der Waals surface area contributed by atoms with E-state index < -0.39 is 10.0 Å². The maximum absolute atomic E-state index is 11.8. The summed E-state index contributed by atoms with van der Waals surface area (Å²) in [6.45, 7) is 0. The molecule has 0 unspecified atom stereocenters. The van der Waals surface area contributed by atoms with Crippen molar-refractivity contribution in [3.63, 3.8) is 0 Å². The van der Waals surface area contributed by atoms with Gasteiger partial charge in [-0.25, -0.2) is 18.4 Å². The van der Waals surface area contributed by atoms with Gasteiger partial charge in [-0.3, -0.25) is 4.72 Å². The van der Waals surface area contributed by atoms with Crippen LogP contribution >= 0.6 is 0 Å². The van der Waals surface area contributed by atoms with Crippen LogP contribution in [0.4, 0.5) is 5.95 Å². The number of aryl methyl sites for hydroxylation is 1. The average Bonchev–Trinajstić information content (AvgIpc) is 2.40. The molecule has 2 rings (SSSR count). The van der Waals surface area contributed by atoms with Crippen molar-refractivity contribution in [2.75, 3.05) is 10.5 Å². The van der Waals surface area contributed by atoms with Crippen molar-refractivity contribution >= 4 is 16.0 Å². The predicted octanol–water partition coefficient (Wildman–Crippen LogP) is 1.85. The highest BCUT2D eigenvalue weighted by Gasteiger charge is 2.11. The predicted molar refractivity (Wildman–Crippen MR) is 74.2 cm³/mol. The van der Waals surface area contributed by atoms with E-state index in [0.29, 0.717) is 6.42 Å². The van der Waals surface area contributed by atoms with Crippen LogP contribution in [0.25, 0.3) is 0 Å². The van der Waals surface area contributed by atoms with Crippen molar-refractivity contribution in [2.45, 2.75) is 12.8 Å². The first-order valence-electron chi connectivity index (χ1n) is 5.97. The SMILES string of the molecule is O=S(=O)(CCCc1ccccc1)Nc1ncccn1. The van der Waals surface area contributed by atoms with Crippen molar-refractivity contribution in [2.24, 2.45) is 0 Å². The molecule has 0 atom stereocenters. The second kappa shape index (κ2) is 6.29. The summed E-state index contributed by atoms with van der Waals surface area (Å²) in [6, 6.07) is 11.4. The Labute approximate surface area is 112 Å². The van der Waals surface area contributed by atoms with E-state index in [0.717, 1.165) is 12.0 Å². The van der Waals surface area contributed by atoms with Crippen molar-refractivity contribution in [1.29, 1.82) is 0 Å². The quantitative estimate of drug-likeness (QED) is 0.874. The Morgan fingerprint density at radius 1 is 1.00 bits per heavy atom. The molecule has 5 nitrogen and oxygen atoms in total. The molecule has 0 bridgehead atoms. The molecule has 1 aromatic carbocycles. The monoisotopic (exact) mass is 277 g/mol. The van der Waals surface area contributed by atoms with Crippen LogP contribution in [0.3, 0.4) is 0 Å². The number of anilines is 1. The third kappa shape index (κ3) is 4.67. The Morgan fingerprint density at radius 3 is 2.37 bits per heavy atom. The number of nitrogens with one attached hydrogen (secondary N) is 1. The normalized spacial score (nSPS) is 11.2. The van der Waals surface area contributed by atoms with Gasteiger partial charge < -0.3 is 0 Å². The molecule has 0 radical (unpaired) electrons. The molecule has 0 aliphatic carbocycles. The molecule has 19 heavy (non-hydrogen) atoms. The van der Waals surface area contributed by atoms with Gasteiger partial charge >= 0.3 is 0 Å². The van der Waals surface area contributed by atoms with Crippen molar-refractivity contribution in [3.05, 3.63) is 54.4 Å². The maximum Gasteiger partial charge on any atom is 0.236 e. The maximum atomic E-state index is 11.8. The molecule has 0 aliphatic heterocycles. The summed E-state index contributed by atoms with van der Waals surface area (Å²) >= 11 is 0. The van der Waals surface area contributed by atoms with Gasteiger partial charge in [0.1, 0.15) is 0 Å². The zero-order valence-electron chi connectivity index (χ0n) is 10.4. The highest BCUT2D eigenvalue weighted by molar-refractivity contribution is 7.92. The molecular weight excluding hydrogens is 262 g/mol. The molecule has 0 spiro atoms. The van der Waals surface area contributed by atoms with Crippen LogP contribution in [-0.4, -0.2) is 24.1 Å². The molecule has 0 saturated heterocycles. The third-order valence-corrected chi connectivity index (χ3v) is 3.85. The molecule has 2 aromatic rings. The number of aromatic nitrogens is 2. The fraction of sp³-hybridized carbons (Fsp3) is 0.231. The van der Waals surface area contributed by atoms with E-state index in [1.807, 2.05) is 30.3 Å². The van der Waals surface area contributed by atoms with Crippen LogP contribution in [0.1, 0.15) is 12.0 Å². The molecule has 1 aromatic heterocycles. The van der Waals surface area contributed by atoms with Gasteiger partial charge in [0, 0.05) is 12.4 Å². The minimum absolute atomic E-state index is 0.0557. The van der Waals surface area contributed by atoms with Gasteiger partial charge in [-0.2, -0.15) is 0 Å². The fourth-order valence-corrected chi connectivity index (χ4v) is 2.66. The van der Waals surface area contributed by atoms with Crippen LogP contribution in [0, 0.1) is 0 Å². The molecule has 0 aliphatic rings. The summed E-state index contributed by atoms with van der Waals surface area (Å²) < 4.78 is 26.0. The molecular formula is C13H15N3O2S. The first kappa shape index (κ1) is 13.5. The van der Waals surface area contributed by atoms with E-state index >= 15 is 0 Å². The minimum Gasteiger partial charge on any atom is -0.251 e. The molecule has 0 amide bonds.